The Morgan fingerprint density at radius 1 is 1.07 bits per heavy atom. The molecule has 3 amide bonds. The van der Waals surface area contributed by atoms with E-state index < -0.39 is 23.7 Å². The Labute approximate surface area is 262 Å². The number of ether oxygens (including phenoxy) is 2. The summed E-state index contributed by atoms with van der Waals surface area (Å²) in [5.41, 5.74) is -0.708. The normalized spacial score (nSPS) is 30.8. The van der Waals surface area contributed by atoms with Crippen molar-refractivity contribution in [3.63, 3.8) is 0 Å². The van der Waals surface area contributed by atoms with E-state index in [1.54, 1.807) is 26.8 Å². The lowest BCUT2D eigenvalue weighted by atomic mass is 9.50. The molecule has 6 aliphatic rings. The molecule has 5 saturated carbocycles. The number of alkyl carbamates (subject to hydrolysis) is 1. The molecule has 2 heterocycles. The molecule has 1 aliphatic heterocycles. The van der Waals surface area contributed by atoms with E-state index in [-0.39, 0.29) is 35.6 Å². The lowest BCUT2D eigenvalue weighted by Crippen LogP contribution is -2.52. The number of esters is 1. The van der Waals surface area contributed by atoms with Crippen molar-refractivity contribution < 1.29 is 28.7 Å². The van der Waals surface area contributed by atoms with Crippen LogP contribution in [-0.2, 0) is 19.1 Å². The quantitative estimate of drug-likeness (QED) is 0.305. The van der Waals surface area contributed by atoms with E-state index in [0.717, 1.165) is 61.3 Å². The summed E-state index contributed by atoms with van der Waals surface area (Å²) in [6.45, 7) is 6.98. The molecular formula is C32H45N5O6S. The van der Waals surface area contributed by atoms with Gasteiger partial charge in [-0.15, -0.1) is 11.3 Å². The van der Waals surface area contributed by atoms with E-state index in [1.807, 2.05) is 6.07 Å². The second-order valence-electron chi connectivity index (χ2n) is 14.6. The number of carbonyl (C=O) groups is 4. The van der Waals surface area contributed by atoms with Crippen LogP contribution in [-0.4, -0.2) is 67.7 Å². The van der Waals surface area contributed by atoms with Gasteiger partial charge in [-0.25, -0.2) is 9.59 Å². The third-order valence-corrected chi connectivity index (χ3v) is 10.8. The van der Waals surface area contributed by atoms with Gasteiger partial charge in [0.05, 0.1) is 11.5 Å². The van der Waals surface area contributed by atoms with Crippen molar-refractivity contribution >= 4 is 41.2 Å². The molecule has 11 nitrogen and oxygen atoms in total. The Morgan fingerprint density at radius 3 is 2.41 bits per heavy atom. The minimum absolute atomic E-state index is 0.0563. The highest BCUT2D eigenvalue weighted by molar-refractivity contribution is 7.14. The first-order valence-corrected chi connectivity index (χ1v) is 16.9. The maximum absolute atomic E-state index is 13.1. The first kappa shape index (κ1) is 30.9. The zero-order valence-corrected chi connectivity index (χ0v) is 26.7. The van der Waals surface area contributed by atoms with Crippen molar-refractivity contribution in [1.29, 1.82) is 0 Å². The first-order valence-electron chi connectivity index (χ1n) is 16.1. The number of aliphatic imine (C=N–C) groups is 1. The Morgan fingerprint density at radius 2 is 1.77 bits per heavy atom. The summed E-state index contributed by atoms with van der Waals surface area (Å²) in [5, 5.41) is 11.4. The average molecular weight is 628 g/mol. The van der Waals surface area contributed by atoms with Gasteiger partial charge in [-0.2, -0.15) is 0 Å². The number of hydrogen-bond acceptors (Lipinski definition) is 9. The van der Waals surface area contributed by atoms with Gasteiger partial charge in [0, 0.05) is 41.8 Å². The van der Waals surface area contributed by atoms with Gasteiger partial charge < -0.3 is 25.4 Å². The van der Waals surface area contributed by atoms with Crippen LogP contribution in [0, 0.1) is 29.1 Å². The van der Waals surface area contributed by atoms with Crippen molar-refractivity contribution in [2.24, 2.45) is 34.1 Å². The highest BCUT2D eigenvalue weighted by Gasteiger charge is 2.51. The minimum atomic E-state index is -1.10. The summed E-state index contributed by atoms with van der Waals surface area (Å²) in [6.07, 6.45) is 8.25. The van der Waals surface area contributed by atoms with Crippen LogP contribution >= 0.6 is 11.3 Å². The number of hydrogen-bond donors (Lipinski definition) is 4. The van der Waals surface area contributed by atoms with Gasteiger partial charge in [0.15, 0.2) is 5.96 Å². The predicted molar refractivity (Wildman–Crippen MR) is 165 cm³/mol. The van der Waals surface area contributed by atoms with Crippen LogP contribution in [0.25, 0.3) is 0 Å². The second kappa shape index (κ2) is 12.3. The number of amides is 3. The third-order valence-electron chi connectivity index (χ3n) is 9.61. The van der Waals surface area contributed by atoms with Gasteiger partial charge in [-0.3, -0.25) is 19.9 Å². The molecule has 1 aromatic rings. The first-order chi connectivity index (χ1) is 21.0. The molecule has 44 heavy (non-hydrogen) atoms. The number of carbonyl (C=O) groups excluding carboxylic acids is 4. The molecule has 1 aromatic heterocycles. The van der Waals surface area contributed by atoms with Gasteiger partial charge in [0.2, 0.25) is 5.91 Å². The van der Waals surface area contributed by atoms with Gasteiger partial charge in [-0.1, -0.05) is 0 Å². The number of rotatable bonds is 9. The smallest absolute Gasteiger partial charge is 0.407 e. The van der Waals surface area contributed by atoms with Crippen LogP contribution in [0.1, 0.15) is 92.6 Å². The molecule has 0 saturated heterocycles. The average Bonchev–Trinajstić information content (AvgIpc) is 3.61. The Hall–Kier alpha value is -3.15. The van der Waals surface area contributed by atoms with Crippen LogP contribution in [0.4, 0.5) is 4.79 Å². The molecule has 5 aliphatic carbocycles. The Balaban J connectivity index is 1.01. The molecule has 7 rings (SSSR count). The molecule has 0 spiro atoms. The van der Waals surface area contributed by atoms with E-state index in [9.17, 15) is 19.2 Å². The van der Waals surface area contributed by atoms with E-state index in [0.29, 0.717) is 24.0 Å². The SMILES string of the molecule is CC(C)(C)OC(=O)C(CNC(=O)c1ccc(C2CC2C(=O)NC2=NCCCN2)s1)NC(=O)OCC12CC3CC(CC(C3)C1)C2. The fourth-order valence-electron chi connectivity index (χ4n) is 8.02. The van der Waals surface area contributed by atoms with Gasteiger partial charge in [0.25, 0.3) is 5.91 Å². The summed E-state index contributed by atoms with van der Waals surface area (Å²) < 4.78 is 11.3. The number of nitrogens with zero attached hydrogens (tertiary/aromatic N) is 1. The summed E-state index contributed by atoms with van der Waals surface area (Å²) in [7, 11) is 0. The van der Waals surface area contributed by atoms with Crippen molar-refractivity contribution in [3.8, 4) is 0 Å². The molecule has 12 heteroatoms. The maximum Gasteiger partial charge on any atom is 0.407 e. The van der Waals surface area contributed by atoms with Crippen molar-refractivity contribution in [3.05, 3.63) is 21.9 Å². The maximum atomic E-state index is 13.1. The fraction of sp³-hybridized carbons (Fsp3) is 0.719. The largest absolute Gasteiger partial charge is 0.458 e. The van der Waals surface area contributed by atoms with E-state index in [4.69, 9.17) is 9.47 Å². The van der Waals surface area contributed by atoms with Crippen molar-refractivity contribution in [2.75, 3.05) is 26.2 Å². The fourth-order valence-corrected chi connectivity index (χ4v) is 9.12. The Kier molecular flexibility index (Phi) is 8.65. The highest BCUT2D eigenvalue weighted by Crippen LogP contribution is 2.60. The zero-order chi connectivity index (χ0) is 31.1. The number of thiophene rings is 1. The lowest BCUT2D eigenvalue weighted by molar-refractivity contribution is -0.157. The highest BCUT2D eigenvalue weighted by atomic mass is 32.1. The second-order valence-corrected chi connectivity index (χ2v) is 15.7. The molecule has 4 bridgehead atoms. The molecule has 0 radical (unpaired) electrons. The van der Waals surface area contributed by atoms with Gasteiger partial charge >= 0.3 is 12.1 Å². The summed E-state index contributed by atoms with van der Waals surface area (Å²) in [4.78, 5) is 57.4. The minimum Gasteiger partial charge on any atom is -0.458 e. The van der Waals surface area contributed by atoms with Crippen LogP contribution in [0.2, 0.25) is 0 Å². The number of guanidine groups is 1. The van der Waals surface area contributed by atoms with Gasteiger partial charge in [0.1, 0.15) is 11.6 Å². The summed E-state index contributed by atoms with van der Waals surface area (Å²) >= 11 is 1.33. The van der Waals surface area contributed by atoms with Crippen LogP contribution in [0.5, 0.6) is 0 Å². The standard InChI is InChI=1S/C32H45N5O6S/c1-31(2,3)43-28(40)23(36-30(41)42-17-32-13-18-9-19(14-32)11-20(10-18)15-32)16-35-27(39)25-6-5-24(44-25)21-12-22(21)26(38)37-29-33-7-4-8-34-29/h5-6,18-23H,4,7-17H2,1-3H3,(H,35,39)(H,36,41)(H2,33,34,37,38). The summed E-state index contributed by atoms with van der Waals surface area (Å²) in [6, 6.07) is 2.50. The monoisotopic (exact) mass is 627 g/mol. The van der Waals surface area contributed by atoms with E-state index >= 15 is 0 Å². The predicted octanol–water partition coefficient (Wildman–Crippen LogP) is 3.70. The topological polar surface area (TPSA) is 147 Å². The zero-order valence-electron chi connectivity index (χ0n) is 25.9. The van der Waals surface area contributed by atoms with Crippen LogP contribution in [0.15, 0.2) is 17.1 Å². The molecule has 0 aromatic carbocycles. The van der Waals surface area contributed by atoms with Crippen molar-refractivity contribution in [2.45, 2.75) is 89.7 Å². The molecule has 240 valence electrons. The van der Waals surface area contributed by atoms with Crippen LogP contribution < -0.4 is 21.3 Å². The summed E-state index contributed by atoms with van der Waals surface area (Å²) in [5.74, 6) is 1.60. The third kappa shape index (κ3) is 7.38. The molecular weight excluding hydrogens is 582 g/mol. The molecule has 4 N–H and O–H groups in total. The number of nitrogens with one attached hydrogen (secondary N) is 4. The lowest BCUT2D eigenvalue weighted by Gasteiger charge is -2.56. The Bertz CT molecular complexity index is 1280. The molecule has 3 atom stereocenters. The van der Waals surface area contributed by atoms with E-state index in [2.05, 4.69) is 26.3 Å². The van der Waals surface area contributed by atoms with Crippen molar-refractivity contribution in [1.82, 2.24) is 21.3 Å². The van der Waals surface area contributed by atoms with Crippen LogP contribution in [0.3, 0.4) is 0 Å². The molecule has 5 fully saturated rings. The van der Waals surface area contributed by atoms with E-state index in [1.165, 1.54) is 30.6 Å². The molecule has 3 unspecified atom stereocenters. The van der Waals surface area contributed by atoms with Gasteiger partial charge in [-0.05, 0) is 102 Å².